The summed E-state index contributed by atoms with van der Waals surface area (Å²) in [5, 5.41) is 3.09. The number of furan rings is 1. The van der Waals surface area contributed by atoms with E-state index in [1.54, 1.807) is 13.0 Å². The summed E-state index contributed by atoms with van der Waals surface area (Å²) in [6, 6.07) is 12.8. The van der Waals surface area contributed by atoms with Gasteiger partial charge in [0.15, 0.2) is 11.3 Å². The molecule has 30 heavy (non-hydrogen) atoms. The number of anilines is 1. The summed E-state index contributed by atoms with van der Waals surface area (Å²) in [5.41, 5.74) is 1.15. The molecule has 1 atom stereocenters. The number of aromatic nitrogens is 1. The molecule has 4 rings (SSSR count). The summed E-state index contributed by atoms with van der Waals surface area (Å²) >= 11 is 2.95. The molecule has 0 saturated heterocycles. The lowest BCUT2D eigenvalue weighted by atomic mass is 10.1. The zero-order valence-corrected chi connectivity index (χ0v) is 17.2. The van der Waals surface area contributed by atoms with Crippen molar-refractivity contribution < 1.29 is 22.7 Å². The monoisotopic (exact) mass is 472 g/mol. The van der Waals surface area contributed by atoms with Crippen molar-refractivity contribution in [3.63, 3.8) is 0 Å². The van der Waals surface area contributed by atoms with Crippen molar-refractivity contribution >= 4 is 38.7 Å². The number of pyridine rings is 1. The van der Waals surface area contributed by atoms with Crippen molar-refractivity contribution in [1.29, 1.82) is 0 Å². The predicted molar refractivity (Wildman–Crippen MR) is 112 cm³/mol. The fourth-order valence-corrected chi connectivity index (χ4v) is 3.36. The van der Waals surface area contributed by atoms with Gasteiger partial charge >= 0.3 is 6.09 Å². The third-order valence-electron chi connectivity index (χ3n) is 4.53. The van der Waals surface area contributed by atoms with Crippen molar-refractivity contribution in [2.75, 3.05) is 5.32 Å². The van der Waals surface area contributed by atoms with Crippen molar-refractivity contribution in [2.45, 2.75) is 13.0 Å². The van der Waals surface area contributed by atoms with E-state index < -0.39 is 23.8 Å². The number of fused-ring (bicyclic) bond motifs is 1. The molecular weight excluding hydrogens is 458 g/mol. The fourth-order valence-electron chi connectivity index (χ4n) is 3.05. The molecular formula is C22H15BrF2N2O3. The van der Waals surface area contributed by atoms with Crippen molar-refractivity contribution in [3.05, 3.63) is 82.6 Å². The Labute approximate surface area is 178 Å². The minimum Gasteiger partial charge on any atom is -0.452 e. The molecule has 4 aromatic rings. The van der Waals surface area contributed by atoms with E-state index in [1.165, 1.54) is 12.4 Å². The second-order valence-electron chi connectivity index (χ2n) is 6.51. The van der Waals surface area contributed by atoms with Gasteiger partial charge in [-0.2, -0.15) is 0 Å². The van der Waals surface area contributed by atoms with Gasteiger partial charge in [-0.25, -0.2) is 13.6 Å². The molecule has 152 valence electrons. The van der Waals surface area contributed by atoms with Gasteiger partial charge in [0.2, 0.25) is 0 Å². The van der Waals surface area contributed by atoms with Crippen molar-refractivity contribution in [3.8, 4) is 11.3 Å². The van der Waals surface area contributed by atoms with Crippen LogP contribution in [0.2, 0.25) is 0 Å². The minimum absolute atomic E-state index is 0.0212. The molecule has 0 saturated carbocycles. The van der Waals surface area contributed by atoms with E-state index >= 15 is 0 Å². The van der Waals surface area contributed by atoms with Crippen LogP contribution < -0.4 is 5.32 Å². The number of hydrogen-bond acceptors (Lipinski definition) is 4. The van der Waals surface area contributed by atoms with Gasteiger partial charge in [0, 0.05) is 11.6 Å². The Bertz CT molecular complexity index is 1230. The lowest BCUT2D eigenvalue weighted by Gasteiger charge is -2.14. The summed E-state index contributed by atoms with van der Waals surface area (Å²) in [7, 11) is 0. The van der Waals surface area contributed by atoms with Gasteiger partial charge < -0.3 is 9.15 Å². The largest absolute Gasteiger partial charge is 0.452 e. The van der Waals surface area contributed by atoms with E-state index in [-0.39, 0.29) is 21.5 Å². The second-order valence-corrected chi connectivity index (χ2v) is 7.36. The number of rotatable bonds is 4. The number of benzene rings is 2. The Balaban J connectivity index is 1.71. The molecule has 1 unspecified atom stereocenters. The van der Waals surface area contributed by atoms with Crippen molar-refractivity contribution in [1.82, 2.24) is 4.98 Å². The Morgan fingerprint density at radius 1 is 1.17 bits per heavy atom. The number of ether oxygens (including phenoxy) is 1. The first kappa shape index (κ1) is 20.0. The van der Waals surface area contributed by atoms with E-state index in [9.17, 15) is 13.6 Å². The molecule has 0 radical (unpaired) electrons. The number of amides is 1. The first-order chi connectivity index (χ1) is 14.4. The van der Waals surface area contributed by atoms with Crippen LogP contribution in [0.5, 0.6) is 0 Å². The van der Waals surface area contributed by atoms with E-state index in [0.717, 1.165) is 17.7 Å². The summed E-state index contributed by atoms with van der Waals surface area (Å²) in [4.78, 5) is 16.5. The first-order valence-corrected chi connectivity index (χ1v) is 9.77. The van der Waals surface area contributed by atoms with Crippen LogP contribution in [0.25, 0.3) is 22.3 Å². The van der Waals surface area contributed by atoms with Crippen LogP contribution in [0.4, 0.5) is 19.3 Å². The van der Waals surface area contributed by atoms with Gasteiger partial charge in [0.1, 0.15) is 17.7 Å². The number of hydrogen-bond donors (Lipinski definition) is 1. The van der Waals surface area contributed by atoms with Gasteiger partial charge in [-0.3, -0.25) is 10.3 Å². The van der Waals surface area contributed by atoms with Crippen LogP contribution >= 0.6 is 15.9 Å². The van der Waals surface area contributed by atoms with E-state index in [4.69, 9.17) is 9.15 Å². The number of nitrogens with one attached hydrogen (secondary N) is 1. The van der Waals surface area contributed by atoms with E-state index in [0.29, 0.717) is 11.0 Å². The Hall–Kier alpha value is -3.26. The molecule has 0 aliphatic carbocycles. The number of nitrogens with zero attached hydrogens (tertiary/aromatic N) is 1. The molecule has 2 heterocycles. The third-order valence-corrected chi connectivity index (χ3v) is 5.14. The molecule has 0 spiro atoms. The smallest absolute Gasteiger partial charge is 0.412 e. The summed E-state index contributed by atoms with van der Waals surface area (Å²) in [6.45, 7) is 1.73. The molecule has 1 N–H and O–H groups in total. The zero-order chi connectivity index (χ0) is 21.3. The molecule has 0 bridgehead atoms. The number of carbonyl (C=O) groups is 1. The lowest BCUT2D eigenvalue weighted by Crippen LogP contribution is -2.16. The molecule has 1 amide bonds. The standard InChI is InChI=1S/C22H15BrF2N2O3/c1-12(13-5-3-2-4-6-13)29-22(28)27-20-14-7-8-26-11-19(14)30-21(20)15-9-18(25)16(23)10-17(15)24/h2-12H,1H3,(H,27,28). The highest BCUT2D eigenvalue weighted by molar-refractivity contribution is 9.10. The molecule has 8 heteroatoms. The maximum absolute atomic E-state index is 14.6. The second kappa shape index (κ2) is 8.23. The van der Waals surface area contributed by atoms with Gasteiger partial charge in [-0.1, -0.05) is 30.3 Å². The average Bonchev–Trinajstić information content (AvgIpc) is 3.09. The predicted octanol–water partition coefficient (Wildman–Crippen LogP) is 6.85. The third kappa shape index (κ3) is 3.91. The Morgan fingerprint density at radius 2 is 1.93 bits per heavy atom. The zero-order valence-electron chi connectivity index (χ0n) is 15.7. The number of halogens is 3. The van der Waals surface area contributed by atoms with Gasteiger partial charge in [0.05, 0.1) is 21.9 Å². The molecule has 0 fully saturated rings. The van der Waals surface area contributed by atoms with Crippen LogP contribution in [0.15, 0.2) is 69.8 Å². The topological polar surface area (TPSA) is 64.4 Å². The quantitative estimate of drug-likeness (QED) is 0.330. The summed E-state index contributed by atoms with van der Waals surface area (Å²) < 4.78 is 39.8. The first-order valence-electron chi connectivity index (χ1n) is 8.98. The van der Waals surface area contributed by atoms with Crippen LogP contribution in [0.3, 0.4) is 0 Å². The van der Waals surface area contributed by atoms with Crippen LogP contribution in [-0.4, -0.2) is 11.1 Å². The highest BCUT2D eigenvalue weighted by atomic mass is 79.9. The highest BCUT2D eigenvalue weighted by Crippen LogP contribution is 2.40. The Morgan fingerprint density at radius 3 is 2.70 bits per heavy atom. The molecule has 2 aromatic carbocycles. The summed E-state index contributed by atoms with van der Waals surface area (Å²) in [5.74, 6) is -1.42. The minimum atomic E-state index is -0.759. The van der Waals surface area contributed by atoms with Gasteiger partial charge in [0.25, 0.3) is 0 Å². The lowest BCUT2D eigenvalue weighted by molar-refractivity contribution is 0.121. The summed E-state index contributed by atoms with van der Waals surface area (Å²) in [6.07, 6.45) is 1.65. The van der Waals surface area contributed by atoms with Gasteiger partial charge in [-0.15, -0.1) is 0 Å². The van der Waals surface area contributed by atoms with E-state index in [1.807, 2.05) is 30.3 Å². The average molecular weight is 473 g/mol. The SMILES string of the molecule is CC(OC(=O)Nc1c(-c2cc(F)c(Br)cc2F)oc2cnccc12)c1ccccc1. The Kier molecular flexibility index (Phi) is 5.50. The maximum atomic E-state index is 14.6. The normalized spacial score (nSPS) is 12.0. The molecule has 0 aliphatic heterocycles. The van der Waals surface area contributed by atoms with Crippen LogP contribution in [-0.2, 0) is 4.74 Å². The maximum Gasteiger partial charge on any atom is 0.412 e. The van der Waals surface area contributed by atoms with Gasteiger partial charge in [-0.05, 0) is 46.6 Å². The fraction of sp³-hybridized carbons (Fsp3) is 0.0909. The van der Waals surface area contributed by atoms with E-state index in [2.05, 4.69) is 26.2 Å². The molecule has 5 nitrogen and oxygen atoms in total. The molecule has 2 aromatic heterocycles. The van der Waals surface area contributed by atoms with Crippen molar-refractivity contribution in [2.24, 2.45) is 0 Å². The van der Waals surface area contributed by atoms with Crippen LogP contribution in [0, 0.1) is 11.6 Å². The number of carbonyl (C=O) groups excluding carboxylic acids is 1. The molecule has 0 aliphatic rings. The van der Waals surface area contributed by atoms with Crippen LogP contribution in [0.1, 0.15) is 18.6 Å². The highest BCUT2D eigenvalue weighted by Gasteiger charge is 2.23.